The van der Waals surface area contributed by atoms with E-state index in [1.54, 1.807) is 18.2 Å². The van der Waals surface area contributed by atoms with Gasteiger partial charge in [-0.2, -0.15) is 0 Å². The lowest BCUT2D eigenvalue weighted by Crippen LogP contribution is -2.23. The molecule has 0 unspecified atom stereocenters. The highest BCUT2D eigenvalue weighted by molar-refractivity contribution is 5.95. The van der Waals surface area contributed by atoms with Crippen molar-refractivity contribution in [2.75, 3.05) is 13.2 Å². The number of aryl methyl sites for hydroxylation is 1. The van der Waals surface area contributed by atoms with Gasteiger partial charge in [0, 0.05) is 0 Å². The van der Waals surface area contributed by atoms with Gasteiger partial charge >= 0.3 is 23.9 Å². The maximum absolute atomic E-state index is 12.4. The Balaban J connectivity index is 1.75. The van der Waals surface area contributed by atoms with Gasteiger partial charge in [0.05, 0.1) is 24.3 Å². The lowest BCUT2D eigenvalue weighted by atomic mass is 9.97. The number of hydrogen-bond donors (Lipinski definition) is 2. The topological polar surface area (TPSA) is 127 Å². The molecule has 0 aromatic heterocycles. The summed E-state index contributed by atoms with van der Waals surface area (Å²) in [6.45, 7) is 0.609. The minimum atomic E-state index is -1.32. The zero-order valence-electron chi connectivity index (χ0n) is 18.3. The fourth-order valence-corrected chi connectivity index (χ4v) is 3.72. The number of carbonyl (C=O) groups is 4. The predicted octanol–water partition coefficient (Wildman–Crippen LogP) is 4.24. The van der Waals surface area contributed by atoms with Gasteiger partial charge in [-0.15, -0.1) is 0 Å². The molecule has 0 aliphatic carbocycles. The van der Waals surface area contributed by atoms with Crippen LogP contribution in [0.15, 0.2) is 18.2 Å². The second kappa shape index (κ2) is 13.5. The normalized spacial score (nSPS) is 14.4. The Morgan fingerprint density at radius 3 is 2.00 bits per heavy atom. The molecular weight excluding hydrogens is 416 g/mol. The number of carboxylic acids is 2. The molecule has 2 bridgehead atoms. The SMILES string of the molecule is O=C1OCCCCOC(=O)c2ccc1cc2CCCCCCCCCC(C(=O)O)C(=O)O. The van der Waals surface area contributed by atoms with E-state index in [0.29, 0.717) is 50.0 Å². The van der Waals surface area contributed by atoms with Gasteiger partial charge in [-0.05, 0) is 55.9 Å². The summed E-state index contributed by atoms with van der Waals surface area (Å²) in [4.78, 5) is 46.3. The van der Waals surface area contributed by atoms with Crippen molar-refractivity contribution in [3.8, 4) is 0 Å². The molecule has 3 rings (SSSR count). The third kappa shape index (κ3) is 8.32. The van der Waals surface area contributed by atoms with E-state index < -0.39 is 17.9 Å². The van der Waals surface area contributed by atoms with E-state index >= 15 is 0 Å². The van der Waals surface area contributed by atoms with Gasteiger partial charge in [-0.3, -0.25) is 9.59 Å². The van der Waals surface area contributed by atoms with E-state index in [1.165, 1.54) is 0 Å². The van der Waals surface area contributed by atoms with Crippen LogP contribution in [0.5, 0.6) is 0 Å². The minimum Gasteiger partial charge on any atom is -0.481 e. The van der Waals surface area contributed by atoms with Crippen molar-refractivity contribution in [3.63, 3.8) is 0 Å². The standard InChI is InChI=1S/C24H32O8/c25-21(26)20(22(27)28)11-7-5-3-1-2-4-6-10-17-16-18-12-13-19(17)24(30)32-15-9-8-14-31-23(18)29/h12-13,16,20H,1-11,14-15H2,(H,25,26)(H,27,28). The zero-order chi connectivity index (χ0) is 23.3. The maximum Gasteiger partial charge on any atom is 0.338 e. The first-order valence-electron chi connectivity index (χ1n) is 11.3. The van der Waals surface area contributed by atoms with Gasteiger partial charge in [0.15, 0.2) is 5.92 Å². The lowest BCUT2D eigenvalue weighted by Gasteiger charge is -2.13. The minimum absolute atomic E-state index is 0.155. The Labute approximate surface area is 187 Å². The maximum atomic E-state index is 12.4. The van der Waals surface area contributed by atoms with Gasteiger partial charge in [-0.1, -0.05) is 38.5 Å². The van der Waals surface area contributed by atoms with Crippen LogP contribution in [-0.2, 0) is 25.5 Å². The van der Waals surface area contributed by atoms with Crippen LogP contribution in [0.3, 0.4) is 0 Å². The van der Waals surface area contributed by atoms with E-state index in [2.05, 4.69) is 0 Å². The van der Waals surface area contributed by atoms with Gasteiger partial charge in [0.2, 0.25) is 0 Å². The zero-order valence-corrected chi connectivity index (χ0v) is 18.3. The molecule has 0 saturated heterocycles. The molecule has 0 atom stereocenters. The highest BCUT2D eigenvalue weighted by Crippen LogP contribution is 2.20. The molecule has 8 nitrogen and oxygen atoms in total. The van der Waals surface area contributed by atoms with E-state index in [1.807, 2.05) is 0 Å². The number of unbranched alkanes of at least 4 members (excludes halogenated alkanes) is 6. The van der Waals surface area contributed by atoms with Crippen LogP contribution in [0.25, 0.3) is 0 Å². The molecule has 2 aliphatic heterocycles. The van der Waals surface area contributed by atoms with Gasteiger partial charge in [-0.25, -0.2) is 9.59 Å². The fraction of sp³-hybridized carbons (Fsp3) is 0.583. The Kier molecular flexibility index (Phi) is 10.7. The summed E-state index contributed by atoms with van der Waals surface area (Å²) >= 11 is 0. The summed E-state index contributed by atoms with van der Waals surface area (Å²) in [7, 11) is 0. The Morgan fingerprint density at radius 2 is 1.38 bits per heavy atom. The number of hydrogen-bond acceptors (Lipinski definition) is 6. The van der Waals surface area contributed by atoms with Crippen molar-refractivity contribution < 1.29 is 38.9 Å². The average molecular weight is 449 g/mol. The monoisotopic (exact) mass is 448 g/mol. The number of esters is 2. The van der Waals surface area contributed by atoms with E-state index in [4.69, 9.17) is 19.7 Å². The van der Waals surface area contributed by atoms with Crippen LogP contribution < -0.4 is 0 Å². The molecule has 1 aromatic rings. The molecule has 8 heteroatoms. The summed E-state index contributed by atoms with van der Waals surface area (Å²) < 4.78 is 10.6. The van der Waals surface area contributed by atoms with Crippen LogP contribution in [0, 0.1) is 5.92 Å². The van der Waals surface area contributed by atoms with Crippen LogP contribution in [-0.4, -0.2) is 47.3 Å². The van der Waals surface area contributed by atoms with Crippen molar-refractivity contribution in [2.24, 2.45) is 5.92 Å². The molecule has 2 heterocycles. The van der Waals surface area contributed by atoms with Crippen LogP contribution in [0.1, 0.15) is 90.5 Å². The summed E-state index contributed by atoms with van der Waals surface area (Å²) in [5.41, 5.74) is 1.73. The van der Waals surface area contributed by atoms with Crippen molar-refractivity contribution in [1.29, 1.82) is 0 Å². The lowest BCUT2D eigenvalue weighted by molar-refractivity contribution is -0.154. The fourth-order valence-electron chi connectivity index (χ4n) is 3.72. The molecule has 1 aromatic carbocycles. The number of carbonyl (C=O) groups excluding carboxylic acids is 2. The van der Waals surface area contributed by atoms with Gasteiger partial charge in [0.25, 0.3) is 0 Å². The molecular formula is C24H32O8. The third-order valence-corrected chi connectivity index (χ3v) is 5.60. The van der Waals surface area contributed by atoms with E-state index in [9.17, 15) is 19.2 Å². The third-order valence-electron chi connectivity index (χ3n) is 5.60. The molecule has 0 radical (unpaired) electrons. The number of carboxylic acid groups (broad SMARTS) is 2. The first-order valence-corrected chi connectivity index (χ1v) is 11.3. The summed E-state index contributed by atoms with van der Waals surface area (Å²) in [5, 5.41) is 17.7. The molecule has 2 N–H and O–H groups in total. The van der Waals surface area contributed by atoms with Gasteiger partial charge in [0.1, 0.15) is 0 Å². The Hall–Kier alpha value is -2.90. The first kappa shape index (κ1) is 25.4. The van der Waals surface area contributed by atoms with Crippen molar-refractivity contribution >= 4 is 23.9 Å². The second-order valence-corrected chi connectivity index (χ2v) is 8.09. The molecule has 176 valence electrons. The largest absolute Gasteiger partial charge is 0.481 e. The Morgan fingerprint density at radius 1 is 0.812 bits per heavy atom. The number of fused-ring (bicyclic) bond motifs is 9. The van der Waals surface area contributed by atoms with Crippen LogP contribution >= 0.6 is 0 Å². The quantitative estimate of drug-likeness (QED) is 0.276. The number of ether oxygens (including phenoxy) is 2. The van der Waals surface area contributed by atoms with Crippen molar-refractivity contribution in [3.05, 3.63) is 34.9 Å². The van der Waals surface area contributed by atoms with Crippen LogP contribution in [0.2, 0.25) is 0 Å². The summed E-state index contributed by atoms with van der Waals surface area (Å²) in [5.74, 6) is -4.62. The molecule has 0 fully saturated rings. The average Bonchev–Trinajstić information content (AvgIpc) is 2.75. The highest BCUT2D eigenvalue weighted by Gasteiger charge is 2.24. The summed E-state index contributed by atoms with van der Waals surface area (Å²) in [6, 6.07) is 4.96. The van der Waals surface area contributed by atoms with Crippen molar-refractivity contribution in [1.82, 2.24) is 0 Å². The molecule has 0 spiro atoms. The smallest absolute Gasteiger partial charge is 0.338 e. The van der Waals surface area contributed by atoms with E-state index in [0.717, 1.165) is 44.1 Å². The Bertz CT molecular complexity index is 787. The molecule has 0 saturated carbocycles. The second-order valence-electron chi connectivity index (χ2n) is 8.09. The number of rotatable bonds is 12. The van der Waals surface area contributed by atoms with Crippen molar-refractivity contribution in [2.45, 2.75) is 70.6 Å². The first-order chi connectivity index (χ1) is 15.4. The summed E-state index contributed by atoms with van der Waals surface area (Å²) in [6.07, 6.45) is 8.20. The van der Waals surface area contributed by atoms with Crippen LogP contribution in [0.4, 0.5) is 0 Å². The van der Waals surface area contributed by atoms with Gasteiger partial charge < -0.3 is 19.7 Å². The number of benzene rings is 1. The van der Waals surface area contributed by atoms with E-state index in [-0.39, 0.29) is 18.4 Å². The highest BCUT2D eigenvalue weighted by atomic mass is 16.5. The predicted molar refractivity (Wildman–Crippen MR) is 116 cm³/mol. The molecule has 32 heavy (non-hydrogen) atoms. The number of aliphatic carboxylic acids is 2. The molecule has 0 amide bonds. The molecule has 2 aliphatic rings.